The molecule has 0 spiro atoms. The second-order valence-electron chi connectivity index (χ2n) is 3.59. The van der Waals surface area contributed by atoms with E-state index in [4.69, 9.17) is 0 Å². The van der Waals surface area contributed by atoms with Crippen molar-refractivity contribution in [3.8, 4) is 0 Å². The highest BCUT2D eigenvalue weighted by Crippen LogP contribution is 2.23. The zero-order valence-electron chi connectivity index (χ0n) is 8.01. The number of hydrogen-bond donors (Lipinski definition) is 1. The molecule has 1 aliphatic heterocycles. The first-order chi connectivity index (χ1) is 6.31. The summed E-state index contributed by atoms with van der Waals surface area (Å²) in [6.07, 6.45) is 3.05. The van der Waals surface area contributed by atoms with Crippen LogP contribution in [0.5, 0.6) is 0 Å². The molecule has 1 aromatic carbocycles. The predicted octanol–water partition coefficient (Wildman–Crippen LogP) is 2.54. The molecule has 13 heavy (non-hydrogen) atoms. The highest BCUT2D eigenvalue weighted by Gasteiger charge is 2.14. The third-order valence-corrected chi connectivity index (χ3v) is 2.71. The Hall–Kier alpha value is -1.08. The van der Waals surface area contributed by atoms with Crippen molar-refractivity contribution >= 4 is 6.08 Å². The van der Waals surface area contributed by atoms with Crippen LogP contribution >= 0.6 is 0 Å². The minimum atomic E-state index is 0.502. The van der Waals surface area contributed by atoms with Gasteiger partial charge in [0.25, 0.3) is 0 Å². The van der Waals surface area contributed by atoms with Gasteiger partial charge in [-0.25, -0.2) is 0 Å². The maximum absolute atomic E-state index is 3.78. The molecule has 1 heterocycles. The molecule has 0 aliphatic carbocycles. The summed E-state index contributed by atoms with van der Waals surface area (Å²) in [5, 5.41) is 3.45. The smallest absolute Gasteiger partial charge is 0.0294 e. The molecule has 0 fully saturated rings. The fourth-order valence-corrected chi connectivity index (χ4v) is 1.92. The van der Waals surface area contributed by atoms with Gasteiger partial charge in [0.1, 0.15) is 0 Å². The molecule has 0 radical (unpaired) electrons. The van der Waals surface area contributed by atoms with Crippen molar-refractivity contribution in [2.24, 2.45) is 0 Å². The van der Waals surface area contributed by atoms with Gasteiger partial charge < -0.3 is 5.32 Å². The Balaban J connectivity index is 2.45. The lowest BCUT2D eigenvalue weighted by molar-refractivity contribution is 0.541. The normalized spacial score (nSPS) is 20.8. The zero-order chi connectivity index (χ0) is 9.26. The van der Waals surface area contributed by atoms with Crippen LogP contribution in [0.15, 0.2) is 24.8 Å². The molecule has 0 amide bonds. The molecule has 1 aromatic rings. The molecule has 1 heteroatoms. The third-order valence-electron chi connectivity index (χ3n) is 2.71. The molecule has 0 saturated carbocycles. The number of rotatable bonds is 1. The molecule has 1 aliphatic rings. The third kappa shape index (κ3) is 1.52. The van der Waals surface area contributed by atoms with Gasteiger partial charge in [0.05, 0.1) is 0 Å². The summed E-state index contributed by atoms with van der Waals surface area (Å²) in [6.45, 7) is 7.09. The van der Waals surface area contributed by atoms with Crippen LogP contribution in [-0.4, -0.2) is 6.54 Å². The molecule has 68 valence electrons. The Bertz CT molecular complexity index is 328. The van der Waals surface area contributed by atoms with Crippen LogP contribution < -0.4 is 5.32 Å². The molecule has 1 N–H and O–H groups in total. The molecular weight excluding hydrogens is 158 g/mol. The van der Waals surface area contributed by atoms with Crippen molar-refractivity contribution in [1.29, 1.82) is 0 Å². The largest absolute Gasteiger partial charge is 0.310 e. The maximum Gasteiger partial charge on any atom is 0.0294 e. The SMILES string of the molecule is C=Cc1ccc2c(c1)CCN[C@H]2C. The Morgan fingerprint density at radius 2 is 2.38 bits per heavy atom. The summed E-state index contributed by atoms with van der Waals surface area (Å²) in [5.74, 6) is 0. The summed E-state index contributed by atoms with van der Waals surface area (Å²) in [4.78, 5) is 0. The minimum Gasteiger partial charge on any atom is -0.310 e. The Kier molecular flexibility index (Phi) is 2.19. The van der Waals surface area contributed by atoms with Crippen LogP contribution in [0.25, 0.3) is 6.08 Å². The lowest BCUT2D eigenvalue weighted by Gasteiger charge is -2.24. The van der Waals surface area contributed by atoms with E-state index in [0.717, 1.165) is 13.0 Å². The van der Waals surface area contributed by atoms with E-state index in [1.807, 2.05) is 6.08 Å². The van der Waals surface area contributed by atoms with Crippen molar-refractivity contribution in [3.63, 3.8) is 0 Å². The molecular formula is C12H15N. The predicted molar refractivity (Wildman–Crippen MR) is 56.7 cm³/mol. The van der Waals surface area contributed by atoms with Gasteiger partial charge in [0, 0.05) is 6.04 Å². The van der Waals surface area contributed by atoms with Crippen molar-refractivity contribution in [2.45, 2.75) is 19.4 Å². The second-order valence-corrected chi connectivity index (χ2v) is 3.59. The van der Waals surface area contributed by atoms with E-state index < -0.39 is 0 Å². The van der Waals surface area contributed by atoms with E-state index in [0.29, 0.717) is 6.04 Å². The van der Waals surface area contributed by atoms with Gasteiger partial charge in [0.2, 0.25) is 0 Å². The van der Waals surface area contributed by atoms with Crippen molar-refractivity contribution in [2.75, 3.05) is 6.54 Å². The average Bonchev–Trinajstić information content (AvgIpc) is 2.18. The monoisotopic (exact) mass is 173 g/mol. The van der Waals surface area contributed by atoms with Crippen molar-refractivity contribution < 1.29 is 0 Å². The first-order valence-corrected chi connectivity index (χ1v) is 4.80. The van der Waals surface area contributed by atoms with Gasteiger partial charge in [-0.1, -0.05) is 30.9 Å². The summed E-state index contributed by atoms with van der Waals surface area (Å²) < 4.78 is 0. The van der Waals surface area contributed by atoms with Crippen LogP contribution in [0.1, 0.15) is 29.7 Å². The number of nitrogens with one attached hydrogen (secondary N) is 1. The van der Waals surface area contributed by atoms with Gasteiger partial charge in [-0.3, -0.25) is 0 Å². The lowest BCUT2D eigenvalue weighted by atomic mass is 9.93. The van der Waals surface area contributed by atoms with Crippen LogP contribution in [0.3, 0.4) is 0 Å². The lowest BCUT2D eigenvalue weighted by Crippen LogP contribution is -2.27. The summed E-state index contributed by atoms with van der Waals surface area (Å²) in [7, 11) is 0. The van der Waals surface area contributed by atoms with E-state index in [1.54, 1.807) is 0 Å². The van der Waals surface area contributed by atoms with Crippen molar-refractivity contribution in [1.82, 2.24) is 5.32 Å². The highest BCUT2D eigenvalue weighted by molar-refractivity contribution is 5.50. The van der Waals surface area contributed by atoms with Crippen LogP contribution in [0, 0.1) is 0 Å². The van der Waals surface area contributed by atoms with Gasteiger partial charge in [0.15, 0.2) is 0 Å². The van der Waals surface area contributed by atoms with Gasteiger partial charge in [-0.15, -0.1) is 0 Å². The highest BCUT2D eigenvalue weighted by atomic mass is 14.9. The zero-order valence-corrected chi connectivity index (χ0v) is 8.01. The Morgan fingerprint density at radius 1 is 1.54 bits per heavy atom. The molecule has 1 nitrogen and oxygen atoms in total. The van der Waals surface area contributed by atoms with Gasteiger partial charge in [-0.2, -0.15) is 0 Å². The minimum absolute atomic E-state index is 0.502. The summed E-state index contributed by atoms with van der Waals surface area (Å²) in [6, 6.07) is 7.10. The fourth-order valence-electron chi connectivity index (χ4n) is 1.92. The van der Waals surface area contributed by atoms with Crippen LogP contribution in [0.4, 0.5) is 0 Å². The number of benzene rings is 1. The fraction of sp³-hybridized carbons (Fsp3) is 0.333. The molecule has 0 aromatic heterocycles. The molecule has 0 saturated heterocycles. The van der Waals surface area contributed by atoms with E-state index in [1.165, 1.54) is 16.7 Å². The molecule has 0 bridgehead atoms. The topological polar surface area (TPSA) is 12.0 Å². The summed E-state index contributed by atoms with van der Waals surface area (Å²) in [5.41, 5.74) is 4.15. The van der Waals surface area contributed by atoms with E-state index in [-0.39, 0.29) is 0 Å². The summed E-state index contributed by atoms with van der Waals surface area (Å²) >= 11 is 0. The first-order valence-electron chi connectivity index (χ1n) is 4.80. The average molecular weight is 173 g/mol. The number of fused-ring (bicyclic) bond motifs is 1. The van der Waals surface area contributed by atoms with E-state index in [9.17, 15) is 0 Å². The second kappa shape index (κ2) is 3.35. The van der Waals surface area contributed by atoms with E-state index in [2.05, 4.69) is 37.0 Å². The van der Waals surface area contributed by atoms with E-state index >= 15 is 0 Å². The molecule has 0 unspecified atom stereocenters. The maximum atomic E-state index is 3.78. The van der Waals surface area contributed by atoms with Crippen LogP contribution in [-0.2, 0) is 6.42 Å². The Morgan fingerprint density at radius 3 is 3.15 bits per heavy atom. The number of hydrogen-bond acceptors (Lipinski definition) is 1. The Labute approximate surface area is 79.5 Å². The molecule has 1 atom stereocenters. The van der Waals surface area contributed by atoms with Gasteiger partial charge in [-0.05, 0) is 36.6 Å². The van der Waals surface area contributed by atoms with Crippen molar-refractivity contribution in [3.05, 3.63) is 41.5 Å². The van der Waals surface area contributed by atoms with Gasteiger partial charge >= 0.3 is 0 Å². The van der Waals surface area contributed by atoms with Crippen LogP contribution in [0.2, 0.25) is 0 Å². The standard InChI is InChI=1S/C12H15N/c1-3-10-4-5-12-9(2)13-7-6-11(12)8-10/h3-5,8-9,13H,1,6-7H2,2H3/t9-/m0/s1. The molecule has 2 rings (SSSR count). The first kappa shape index (κ1) is 8.52. The quantitative estimate of drug-likeness (QED) is 0.688.